The Hall–Kier alpha value is -2.08. The summed E-state index contributed by atoms with van der Waals surface area (Å²) in [7, 11) is 0. The minimum absolute atomic E-state index is 0.0465. The largest absolute Gasteiger partial charge is 0.340 e. The normalized spacial score (nSPS) is 22.7. The van der Waals surface area contributed by atoms with Gasteiger partial charge in [0, 0.05) is 25.7 Å². The maximum absolute atomic E-state index is 12.8. The summed E-state index contributed by atoms with van der Waals surface area (Å²) in [6.07, 6.45) is 5.95. The zero-order chi connectivity index (χ0) is 16.4. The number of piperazine rings is 1. The van der Waals surface area contributed by atoms with Crippen molar-refractivity contribution in [1.29, 1.82) is 0 Å². The van der Waals surface area contributed by atoms with Crippen LogP contribution in [0.1, 0.15) is 44.0 Å². The van der Waals surface area contributed by atoms with Crippen molar-refractivity contribution in [2.45, 2.75) is 44.2 Å². The number of para-hydroxylation sites is 2. The third-order valence-electron chi connectivity index (χ3n) is 5.16. The van der Waals surface area contributed by atoms with Crippen LogP contribution < -0.4 is 10.6 Å². The van der Waals surface area contributed by atoms with Crippen molar-refractivity contribution in [2.75, 3.05) is 19.6 Å². The molecule has 1 aliphatic carbocycles. The molecular formula is C18H25N5O. The highest BCUT2D eigenvalue weighted by Gasteiger charge is 2.31. The highest BCUT2D eigenvalue weighted by molar-refractivity contribution is 5.77. The first-order valence-electron chi connectivity index (χ1n) is 9.04. The molecule has 1 unspecified atom stereocenters. The van der Waals surface area contributed by atoms with Crippen molar-refractivity contribution in [2.24, 2.45) is 0 Å². The fraction of sp³-hybridized carbons (Fsp3) is 0.556. The molecule has 2 aromatic rings. The van der Waals surface area contributed by atoms with E-state index in [4.69, 9.17) is 4.98 Å². The van der Waals surface area contributed by atoms with Crippen LogP contribution in [-0.2, 0) is 0 Å². The number of carbonyl (C=O) groups is 1. The Kier molecular flexibility index (Phi) is 4.38. The Morgan fingerprint density at radius 2 is 2.04 bits per heavy atom. The predicted molar refractivity (Wildman–Crippen MR) is 93.8 cm³/mol. The second-order valence-corrected chi connectivity index (χ2v) is 6.84. The van der Waals surface area contributed by atoms with Gasteiger partial charge in [-0.05, 0) is 25.0 Å². The summed E-state index contributed by atoms with van der Waals surface area (Å²) in [4.78, 5) is 22.8. The third-order valence-corrected chi connectivity index (χ3v) is 5.16. The molecular weight excluding hydrogens is 302 g/mol. The first-order valence-corrected chi connectivity index (χ1v) is 9.04. The van der Waals surface area contributed by atoms with E-state index in [0.717, 1.165) is 42.8 Å². The SMILES string of the molecule is O=C(NC1CCCCC1)N1CCNCC1c1nc2ccccc2[nH]1. The summed E-state index contributed by atoms with van der Waals surface area (Å²) in [5.74, 6) is 0.863. The summed E-state index contributed by atoms with van der Waals surface area (Å²) >= 11 is 0. The number of fused-ring (bicyclic) bond motifs is 1. The Balaban J connectivity index is 1.52. The highest BCUT2D eigenvalue weighted by atomic mass is 16.2. The molecule has 1 aromatic heterocycles. The van der Waals surface area contributed by atoms with Gasteiger partial charge < -0.3 is 20.5 Å². The van der Waals surface area contributed by atoms with E-state index in [1.807, 2.05) is 29.2 Å². The second kappa shape index (κ2) is 6.81. The number of nitrogens with zero attached hydrogens (tertiary/aromatic N) is 2. The number of aromatic nitrogens is 2. The highest BCUT2D eigenvalue weighted by Crippen LogP contribution is 2.24. The number of rotatable bonds is 2. The predicted octanol–water partition coefficient (Wildman–Crippen LogP) is 2.55. The van der Waals surface area contributed by atoms with Crippen LogP contribution in [0, 0.1) is 0 Å². The summed E-state index contributed by atoms with van der Waals surface area (Å²) in [5, 5.41) is 6.62. The van der Waals surface area contributed by atoms with Crippen LogP contribution in [0.25, 0.3) is 11.0 Å². The van der Waals surface area contributed by atoms with Crippen LogP contribution in [0.3, 0.4) is 0 Å². The monoisotopic (exact) mass is 327 g/mol. The van der Waals surface area contributed by atoms with E-state index in [1.54, 1.807) is 0 Å². The van der Waals surface area contributed by atoms with E-state index >= 15 is 0 Å². The molecule has 2 aliphatic rings. The molecule has 2 heterocycles. The van der Waals surface area contributed by atoms with Gasteiger partial charge >= 0.3 is 6.03 Å². The topological polar surface area (TPSA) is 73.1 Å². The molecule has 6 heteroatoms. The number of hydrogen-bond donors (Lipinski definition) is 3. The number of imidazole rings is 1. The lowest BCUT2D eigenvalue weighted by Crippen LogP contribution is -2.54. The molecule has 1 atom stereocenters. The van der Waals surface area contributed by atoms with Crippen LogP contribution in [0.5, 0.6) is 0 Å². The lowest BCUT2D eigenvalue weighted by atomic mass is 9.96. The molecule has 128 valence electrons. The van der Waals surface area contributed by atoms with Crippen LogP contribution in [-0.4, -0.2) is 46.6 Å². The van der Waals surface area contributed by atoms with E-state index in [0.29, 0.717) is 12.6 Å². The van der Waals surface area contributed by atoms with Crippen LogP contribution in [0.15, 0.2) is 24.3 Å². The first kappa shape index (κ1) is 15.4. The number of H-pyrrole nitrogens is 1. The van der Waals surface area contributed by atoms with Crippen molar-refractivity contribution in [3.05, 3.63) is 30.1 Å². The lowest BCUT2D eigenvalue weighted by molar-refractivity contribution is 0.150. The number of hydrogen-bond acceptors (Lipinski definition) is 3. The molecule has 0 radical (unpaired) electrons. The zero-order valence-corrected chi connectivity index (χ0v) is 13.9. The van der Waals surface area contributed by atoms with Gasteiger partial charge in [0.15, 0.2) is 0 Å². The van der Waals surface area contributed by atoms with Crippen LogP contribution >= 0.6 is 0 Å². The van der Waals surface area contributed by atoms with Gasteiger partial charge in [-0.2, -0.15) is 0 Å². The van der Waals surface area contributed by atoms with Gasteiger partial charge in [-0.25, -0.2) is 9.78 Å². The molecule has 1 saturated heterocycles. The number of carbonyl (C=O) groups excluding carboxylic acids is 1. The fourth-order valence-corrected chi connectivity index (χ4v) is 3.83. The summed E-state index contributed by atoms with van der Waals surface area (Å²) in [6, 6.07) is 8.34. The maximum Gasteiger partial charge on any atom is 0.318 e. The Bertz CT molecular complexity index is 673. The maximum atomic E-state index is 12.8. The van der Waals surface area contributed by atoms with Crippen molar-refractivity contribution in [1.82, 2.24) is 25.5 Å². The van der Waals surface area contributed by atoms with E-state index in [1.165, 1.54) is 19.3 Å². The van der Waals surface area contributed by atoms with Gasteiger partial charge in [0.05, 0.1) is 11.0 Å². The van der Waals surface area contributed by atoms with Gasteiger partial charge in [-0.15, -0.1) is 0 Å². The number of urea groups is 1. The molecule has 4 rings (SSSR count). The van der Waals surface area contributed by atoms with Crippen LogP contribution in [0.2, 0.25) is 0 Å². The number of nitrogens with one attached hydrogen (secondary N) is 3. The van der Waals surface area contributed by atoms with Crippen molar-refractivity contribution >= 4 is 17.1 Å². The quantitative estimate of drug-likeness (QED) is 0.794. The molecule has 2 fully saturated rings. The fourth-order valence-electron chi connectivity index (χ4n) is 3.83. The van der Waals surface area contributed by atoms with Crippen molar-refractivity contribution in [3.8, 4) is 0 Å². The molecule has 1 aliphatic heterocycles. The number of benzene rings is 1. The summed E-state index contributed by atoms with van der Waals surface area (Å²) in [6.45, 7) is 2.27. The molecule has 1 aromatic carbocycles. The Morgan fingerprint density at radius 1 is 1.21 bits per heavy atom. The van der Waals surface area contributed by atoms with E-state index in [-0.39, 0.29) is 12.1 Å². The molecule has 2 amide bonds. The average Bonchev–Trinajstić information content (AvgIpc) is 3.06. The first-order chi connectivity index (χ1) is 11.8. The Labute approximate surface area is 142 Å². The molecule has 0 spiro atoms. The van der Waals surface area contributed by atoms with E-state index < -0.39 is 0 Å². The lowest BCUT2D eigenvalue weighted by Gasteiger charge is -2.36. The molecule has 24 heavy (non-hydrogen) atoms. The minimum atomic E-state index is -0.0465. The molecule has 3 N–H and O–H groups in total. The van der Waals surface area contributed by atoms with E-state index in [2.05, 4.69) is 15.6 Å². The summed E-state index contributed by atoms with van der Waals surface area (Å²) in [5.41, 5.74) is 1.97. The summed E-state index contributed by atoms with van der Waals surface area (Å²) < 4.78 is 0. The van der Waals surface area contributed by atoms with Gasteiger partial charge in [-0.3, -0.25) is 0 Å². The third kappa shape index (κ3) is 3.11. The van der Waals surface area contributed by atoms with Gasteiger partial charge in [0.2, 0.25) is 0 Å². The van der Waals surface area contributed by atoms with Crippen molar-refractivity contribution in [3.63, 3.8) is 0 Å². The van der Waals surface area contributed by atoms with Crippen LogP contribution in [0.4, 0.5) is 4.79 Å². The van der Waals surface area contributed by atoms with Crippen molar-refractivity contribution < 1.29 is 4.79 Å². The molecule has 1 saturated carbocycles. The average molecular weight is 327 g/mol. The molecule has 6 nitrogen and oxygen atoms in total. The molecule has 0 bridgehead atoms. The standard InChI is InChI=1S/C18H25N5O/c24-18(20-13-6-2-1-3-7-13)23-11-10-19-12-16(23)17-21-14-8-4-5-9-15(14)22-17/h4-5,8-9,13,16,19H,1-3,6-7,10-12H2,(H,20,24)(H,21,22). The van der Waals surface area contributed by atoms with Gasteiger partial charge in [-0.1, -0.05) is 31.4 Å². The number of amides is 2. The smallest absolute Gasteiger partial charge is 0.318 e. The zero-order valence-electron chi connectivity index (χ0n) is 13.9. The van der Waals surface area contributed by atoms with E-state index in [9.17, 15) is 4.79 Å². The van der Waals surface area contributed by atoms with Gasteiger partial charge in [0.1, 0.15) is 11.9 Å². The Morgan fingerprint density at radius 3 is 2.88 bits per heavy atom. The second-order valence-electron chi connectivity index (χ2n) is 6.84. The minimum Gasteiger partial charge on any atom is -0.340 e. The number of aromatic amines is 1. The van der Waals surface area contributed by atoms with Gasteiger partial charge in [0.25, 0.3) is 0 Å².